The number of carbonyl (C=O) groups is 1. The van der Waals surface area contributed by atoms with Crippen LogP contribution in [0.5, 0.6) is 0 Å². The van der Waals surface area contributed by atoms with Gasteiger partial charge >= 0.3 is 0 Å². The molecule has 4 rings (SSSR count). The molecule has 1 N–H and O–H groups in total. The fourth-order valence-corrected chi connectivity index (χ4v) is 4.80. The molecule has 30 heavy (non-hydrogen) atoms. The Labute approximate surface area is 177 Å². The number of aromatic nitrogens is 2. The number of amides is 1. The highest BCUT2D eigenvalue weighted by Gasteiger charge is 2.25. The van der Waals surface area contributed by atoms with Crippen LogP contribution in [-0.2, 0) is 17.8 Å². The van der Waals surface area contributed by atoms with Gasteiger partial charge in [0.25, 0.3) is 0 Å². The van der Waals surface area contributed by atoms with E-state index in [4.69, 9.17) is 5.53 Å². The molecular weight excluding hydrogens is 398 g/mol. The van der Waals surface area contributed by atoms with Crippen molar-refractivity contribution in [1.29, 1.82) is 0 Å². The molecule has 0 radical (unpaired) electrons. The van der Waals surface area contributed by atoms with Gasteiger partial charge in [-0.05, 0) is 36.1 Å². The van der Waals surface area contributed by atoms with Gasteiger partial charge in [-0.25, -0.2) is 9.97 Å². The number of nitrogens with one attached hydrogen (secondary N) is 1. The van der Waals surface area contributed by atoms with E-state index >= 15 is 0 Å². The Balaban J connectivity index is 1.56. The highest BCUT2D eigenvalue weighted by Crippen LogP contribution is 2.38. The average molecular weight is 420 g/mol. The smallest absolute Gasteiger partial charge is 0.246 e. The molecule has 1 amide bonds. The van der Waals surface area contributed by atoms with Crippen LogP contribution >= 0.6 is 11.3 Å². The minimum absolute atomic E-state index is 0.0756. The summed E-state index contributed by atoms with van der Waals surface area (Å²) >= 11 is 1.61. The lowest BCUT2D eigenvalue weighted by molar-refractivity contribution is -0.126. The highest BCUT2D eigenvalue weighted by molar-refractivity contribution is 7.19. The lowest BCUT2D eigenvalue weighted by Gasteiger charge is -2.26. The Morgan fingerprint density at radius 3 is 3.03 bits per heavy atom. The number of rotatable bonds is 6. The molecule has 9 heteroatoms. The molecule has 0 unspecified atom stereocenters. The van der Waals surface area contributed by atoms with Gasteiger partial charge in [-0.15, -0.1) is 11.3 Å². The Hall–Kier alpha value is -3.42. The molecule has 0 bridgehead atoms. The number of azide groups is 1. The van der Waals surface area contributed by atoms with Crippen molar-refractivity contribution in [3.05, 3.63) is 75.3 Å². The van der Waals surface area contributed by atoms with Crippen LogP contribution in [-0.4, -0.2) is 33.9 Å². The van der Waals surface area contributed by atoms with Gasteiger partial charge in [-0.1, -0.05) is 41.5 Å². The van der Waals surface area contributed by atoms with Gasteiger partial charge in [0.1, 0.15) is 17.0 Å². The van der Waals surface area contributed by atoms with Crippen molar-refractivity contribution in [1.82, 2.24) is 14.9 Å². The standard InChI is InChI=1S/C21H21N7OS/c1-14(15-6-3-2-4-7-15)26-20-19-16-9-11-28(18(29)8-5-10-25-27-22)12-17(16)30-21(19)24-13-23-20/h2-8,13-14H,9-12H2,1H3,(H,23,24,26)/t14-/m1/s1. The summed E-state index contributed by atoms with van der Waals surface area (Å²) in [7, 11) is 0. The predicted molar refractivity (Wildman–Crippen MR) is 118 cm³/mol. The minimum Gasteiger partial charge on any atom is -0.363 e. The van der Waals surface area contributed by atoms with E-state index in [1.807, 2.05) is 18.2 Å². The zero-order valence-corrected chi connectivity index (χ0v) is 17.3. The second kappa shape index (κ2) is 8.94. The third-order valence-corrected chi connectivity index (χ3v) is 6.24. The molecule has 0 fully saturated rings. The molecule has 3 heterocycles. The second-order valence-corrected chi connectivity index (χ2v) is 8.09. The van der Waals surface area contributed by atoms with E-state index in [-0.39, 0.29) is 18.5 Å². The van der Waals surface area contributed by atoms with E-state index < -0.39 is 0 Å². The lowest BCUT2D eigenvalue weighted by atomic mass is 10.0. The van der Waals surface area contributed by atoms with E-state index in [2.05, 4.69) is 44.4 Å². The van der Waals surface area contributed by atoms with Gasteiger partial charge in [-0.2, -0.15) is 0 Å². The molecule has 0 saturated heterocycles. The quantitative estimate of drug-likeness (QED) is 0.272. The van der Waals surface area contributed by atoms with Gasteiger partial charge in [0, 0.05) is 28.9 Å². The first-order valence-electron chi connectivity index (χ1n) is 9.70. The largest absolute Gasteiger partial charge is 0.363 e. The summed E-state index contributed by atoms with van der Waals surface area (Å²) in [5.41, 5.74) is 10.7. The normalized spacial score (nSPS) is 14.4. The number of hydrogen-bond donors (Lipinski definition) is 1. The Morgan fingerprint density at radius 2 is 2.23 bits per heavy atom. The molecule has 1 aromatic carbocycles. The SMILES string of the molecule is C[C@@H](Nc1ncnc2sc3c(c12)CCN(C(=O)C=CCN=[N+]=[N-])C3)c1ccccc1. The molecule has 2 aromatic heterocycles. The van der Waals surface area contributed by atoms with Gasteiger partial charge < -0.3 is 10.2 Å². The van der Waals surface area contributed by atoms with E-state index in [9.17, 15) is 4.79 Å². The van der Waals surface area contributed by atoms with Crippen molar-refractivity contribution >= 4 is 33.3 Å². The first-order chi connectivity index (χ1) is 14.7. The number of benzene rings is 1. The summed E-state index contributed by atoms with van der Waals surface area (Å²) in [6.45, 7) is 3.47. The van der Waals surface area contributed by atoms with Crippen LogP contribution in [0.3, 0.4) is 0 Å². The van der Waals surface area contributed by atoms with Crippen LogP contribution in [0.1, 0.15) is 29.0 Å². The molecule has 1 aliphatic heterocycles. The maximum Gasteiger partial charge on any atom is 0.246 e. The Bertz CT molecular complexity index is 1130. The third-order valence-electron chi connectivity index (χ3n) is 5.11. The molecule has 1 aliphatic rings. The zero-order valence-electron chi connectivity index (χ0n) is 16.5. The summed E-state index contributed by atoms with van der Waals surface area (Å²) in [6, 6.07) is 10.4. The van der Waals surface area contributed by atoms with Crippen molar-refractivity contribution in [3.8, 4) is 0 Å². The third kappa shape index (κ3) is 4.12. The van der Waals surface area contributed by atoms with Crippen molar-refractivity contribution in [3.63, 3.8) is 0 Å². The number of carbonyl (C=O) groups excluding carboxylic acids is 1. The van der Waals surface area contributed by atoms with Gasteiger partial charge in [0.15, 0.2) is 0 Å². The molecule has 152 valence electrons. The lowest BCUT2D eigenvalue weighted by Crippen LogP contribution is -2.34. The second-order valence-electron chi connectivity index (χ2n) is 7.01. The predicted octanol–water partition coefficient (Wildman–Crippen LogP) is 4.62. The Morgan fingerprint density at radius 1 is 1.40 bits per heavy atom. The summed E-state index contributed by atoms with van der Waals surface area (Å²) in [6.07, 6.45) is 5.40. The maximum absolute atomic E-state index is 12.4. The average Bonchev–Trinajstić information content (AvgIpc) is 3.16. The minimum atomic E-state index is -0.0756. The number of thiophene rings is 1. The van der Waals surface area contributed by atoms with Crippen LogP contribution in [0.2, 0.25) is 0 Å². The van der Waals surface area contributed by atoms with Crippen molar-refractivity contribution in [2.24, 2.45) is 5.11 Å². The Kier molecular flexibility index (Phi) is 5.92. The van der Waals surface area contributed by atoms with Crippen molar-refractivity contribution in [2.75, 3.05) is 18.4 Å². The molecule has 3 aromatic rings. The van der Waals surface area contributed by atoms with Crippen molar-refractivity contribution < 1.29 is 4.79 Å². The number of hydrogen-bond acceptors (Lipinski definition) is 6. The highest BCUT2D eigenvalue weighted by atomic mass is 32.1. The van der Waals surface area contributed by atoms with Crippen LogP contribution in [0.4, 0.5) is 5.82 Å². The van der Waals surface area contributed by atoms with Gasteiger partial charge in [0.2, 0.25) is 5.91 Å². The number of fused-ring (bicyclic) bond motifs is 3. The summed E-state index contributed by atoms with van der Waals surface area (Å²) in [4.78, 5) is 28.0. The monoisotopic (exact) mass is 419 g/mol. The van der Waals surface area contributed by atoms with E-state index in [1.54, 1.807) is 28.6 Å². The van der Waals surface area contributed by atoms with Crippen LogP contribution in [0, 0.1) is 0 Å². The summed E-state index contributed by atoms with van der Waals surface area (Å²) in [5, 5.41) is 8.01. The molecule has 1 atom stereocenters. The topological polar surface area (TPSA) is 107 Å². The first-order valence-corrected chi connectivity index (χ1v) is 10.5. The van der Waals surface area contributed by atoms with E-state index in [1.165, 1.54) is 17.2 Å². The fourth-order valence-electron chi connectivity index (χ4n) is 3.60. The summed E-state index contributed by atoms with van der Waals surface area (Å²) in [5.74, 6) is 0.760. The van der Waals surface area contributed by atoms with Crippen molar-refractivity contribution in [2.45, 2.75) is 25.9 Å². The zero-order chi connectivity index (χ0) is 20.9. The first kappa shape index (κ1) is 19.9. The molecule has 8 nitrogen and oxygen atoms in total. The molecule has 0 spiro atoms. The summed E-state index contributed by atoms with van der Waals surface area (Å²) < 4.78 is 0. The van der Waals surface area contributed by atoms with Gasteiger partial charge in [0.05, 0.1) is 11.9 Å². The molecule has 0 aliphatic carbocycles. The van der Waals surface area contributed by atoms with Crippen LogP contribution < -0.4 is 5.32 Å². The van der Waals surface area contributed by atoms with E-state index in [0.29, 0.717) is 13.1 Å². The van der Waals surface area contributed by atoms with Gasteiger partial charge in [-0.3, -0.25) is 4.79 Å². The molecule has 0 saturated carbocycles. The molecular formula is C21H21N7OS. The number of nitrogens with zero attached hydrogens (tertiary/aromatic N) is 6. The fraction of sp³-hybridized carbons (Fsp3) is 0.286. The maximum atomic E-state index is 12.4. The number of anilines is 1. The van der Waals surface area contributed by atoms with E-state index in [0.717, 1.165) is 27.3 Å². The van der Waals surface area contributed by atoms with Crippen LogP contribution in [0.25, 0.3) is 20.7 Å². The van der Waals surface area contributed by atoms with Crippen LogP contribution in [0.15, 0.2) is 53.9 Å².